The zero-order valence-electron chi connectivity index (χ0n) is 11.7. The molecule has 0 aromatic heterocycles. The fourth-order valence-corrected chi connectivity index (χ4v) is 4.33. The third-order valence-corrected chi connectivity index (χ3v) is 5.47. The fraction of sp³-hybridized carbons (Fsp3) is 0.533. The minimum atomic E-state index is -3.01. The molecular formula is C15H21NO3S. The van der Waals surface area contributed by atoms with Crippen LogP contribution >= 0.6 is 0 Å². The summed E-state index contributed by atoms with van der Waals surface area (Å²) >= 11 is 0. The number of carbonyl (C=O) groups is 1. The Morgan fingerprint density at radius 2 is 2.05 bits per heavy atom. The van der Waals surface area contributed by atoms with Crippen molar-refractivity contribution in [1.82, 2.24) is 5.32 Å². The van der Waals surface area contributed by atoms with Gasteiger partial charge in [0.1, 0.15) is 0 Å². The van der Waals surface area contributed by atoms with Crippen molar-refractivity contribution in [3.63, 3.8) is 0 Å². The van der Waals surface area contributed by atoms with Gasteiger partial charge >= 0.3 is 0 Å². The molecule has 1 N–H and O–H groups in total. The van der Waals surface area contributed by atoms with Crippen molar-refractivity contribution in [2.24, 2.45) is 5.92 Å². The third kappa shape index (κ3) is 3.82. The van der Waals surface area contributed by atoms with Gasteiger partial charge in [-0.1, -0.05) is 43.7 Å². The molecule has 1 aromatic rings. The molecule has 0 saturated carbocycles. The van der Waals surface area contributed by atoms with Crippen LogP contribution in [0.4, 0.5) is 0 Å². The molecule has 0 spiro atoms. The highest BCUT2D eigenvalue weighted by Crippen LogP contribution is 2.22. The Morgan fingerprint density at radius 3 is 2.60 bits per heavy atom. The normalized spacial score (nSPS) is 22.4. The monoisotopic (exact) mass is 295 g/mol. The molecule has 1 fully saturated rings. The highest BCUT2D eigenvalue weighted by molar-refractivity contribution is 7.91. The van der Waals surface area contributed by atoms with E-state index in [-0.39, 0.29) is 29.4 Å². The van der Waals surface area contributed by atoms with Crippen LogP contribution in [-0.4, -0.2) is 25.8 Å². The summed E-state index contributed by atoms with van der Waals surface area (Å²) in [5.41, 5.74) is 1.07. The quantitative estimate of drug-likeness (QED) is 0.904. The van der Waals surface area contributed by atoms with E-state index in [9.17, 15) is 13.2 Å². The van der Waals surface area contributed by atoms with E-state index >= 15 is 0 Å². The van der Waals surface area contributed by atoms with Crippen molar-refractivity contribution in [2.45, 2.75) is 32.2 Å². The summed E-state index contributed by atoms with van der Waals surface area (Å²) in [4.78, 5) is 12.2. The Morgan fingerprint density at radius 1 is 1.35 bits per heavy atom. The number of carbonyl (C=O) groups excluding carboxylic acids is 1. The van der Waals surface area contributed by atoms with E-state index in [1.54, 1.807) is 0 Å². The molecule has 1 aliphatic rings. The maximum atomic E-state index is 12.2. The maximum absolute atomic E-state index is 12.2. The predicted octanol–water partition coefficient (Wildman–Crippen LogP) is 2.08. The SMILES string of the molecule is CCCC(NC(=O)C1CCS(=O)(=O)C1)c1ccccc1. The molecule has 1 aromatic carbocycles. The van der Waals surface area contributed by atoms with Gasteiger partial charge in [-0.2, -0.15) is 0 Å². The van der Waals surface area contributed by atoms with E-state index in [0.29, 0.717) is 6.42 Å². The van der Waals surface area contributed by atoms with Gasteiger partial charge in [0.05, 0.1) is 23.5 Å². The number of hydrogen-bond donors (Lipinski definition) is 1. The zero-order chi connectivity index (χ0) is 14.6. The van der Waals surface area contributed by atoms with Gasteiger partial charge in [0, 0.05) is 0 Å². The number of benzene rings is 1. The number of amides is 1. The van der Waals surface area contributed by atoms with E-state index in [0.717, 1.165) is 18.4 Å². The van der Waals surface area contributed by atoms with Crippen LogP contribution in [0.1, 0.15) is 37.8 Å². The lowest BCUT2D eigenvalue weighted by molar-refractivity contribution is -0.125. The summed E-state index contributed by atoms with van der Waals surface area (Å²) in [6.45, 7) is 2.07. The van der Waals surface area contributed by atoms with Crippen LogP contribution in [0.3, 0.4) is 0 Å². The average Bonchev–Trinajstić information content (AvgIpc) is 2.80. The summed E-state index contributed by atoms with van der Waals surface area (Å²) in [6, 6.07) is 9.79. The minimum Gasteiger partial charge on any atom is -0.349 e. The smallest absolute Gasteiger partial charge is 0.224 e. The second kappa shape index (κ2) is 6.39. The number of hydrogen-bond acceptors (Lipinski definition) is 3. The molecule has 4 nitrogen and oxygen atoms in total. The molecule has 20 heavy (non-hydrogen) atoms. The van der Waals surface area contributed by atoms with Crippen molar-refractivity contribution >= 4 is 15.7 Å². The Labute approximate surface area is 120 Å². The lowest BCUT2D eigenvalue weighted by Gasteiger charge is -2.20. The summed E-state index contributed by atoms with van der Waals surface area (Å²) in [7, 11) is -3.01. The van der Waals surface area contributed by atoms with Crippen molar-refractivity contribution in [3.05, 3.63) is 35.9 Å². The predicted molar refractivity (Wildman–Crippen MR) is 79.0 cm³/mol. The van der Waals surface area contributed by atoms with Crippen LogP contribution in [-0.2, 0) is 14.6 Å². The molecule has 0 radical (unpaired) electrons. The van der Waals surface area contributed by atoms with Crippen molar-refractivity contribution in [1.29, 1.82) is 0 Å². The molecule has 0 aliphatic carbocycles. The number of rotatable bonds is 5. The summed E-state index contributed by atoms with van der Waals surface area (Å²) < 4.78 is 22.9. The van der Waals surface area contributed by atoms with Gasteiger partial charge in [0.2, 0.25) is 5.91 Å². The third-order valence-electron chi connectivity index (χ3n) is 3.70. The van der Waals surface area contributed by atoms with Crippen LogP contribution in [0.2, 0.25) is 0 Å². The number of nitrogens with one attached hydrogen (secondary N) is 1. The fourth-order valence-electron chi connectivity index (χ4n) is 2.59. The standard InChI is InChI=1S/C15H21NO3S/c1-2-6-14(12-7-4-3-5-8-12)16-15(17)13-9-10-20(18,19)11-13/h3-5,7-8,13-14H,2,6,9-11H2,1H3,(H,16,17). The lowest BCUT2D eigenvalue weighted by atomic mass is 10.0. The van der Waals surface area contributed by atoms with Gasteiger partial charge in [-0.3, -0.25) is 4.79 Å². The van der Waals surface area contributed by atoms with Crippen molar-refractivity contribution in [3.8, 4) is 0 Å². The van der Waals surface area contributed by atoms with E-state index < -0.39 is 9.84 Å². The summed E-state index contributed by atoms with van der Waals surface area (Å²) in [5.74, 6) is -0.391. The molecule has 2 unspecified atom stereocenters. The van der Waals surface area contributed by atoms with E-state index in [2.05, 4.69) is 12.2 Å². The Balaban J connectivity index is 2.04. The highest BCUT2D eigenvalue weighted by atomic mass is 32.2. The first-order chi connectivity index (χ1) is 9.52. The van der Waals surface area contributed by atoms with Gasteiger partial charge in [0.25, 0.3) is 0 Å². The average molecular weight is 295 g/mol. The highest BCUT2D eigenvalue weighted by Gasteiger charge is 2.33. The molecule has 2 rings (SSSR count). The van der Waals surface area contributed by atoms with Gasteiger partial charge in [-0.25, -0.2) is 8.42 Å². The zero-order valence-corrected chi connectivity index (χ0v) is 12.5. The van der Waals surface area contributed by atoms with E-state index in [1.807, 2.05) is 30.3 Å². The first kappa shape index (κ1) is 15.0. The summed E-state index contributed by atoms with van der Waals surface area (Å²) in [5, 5.41) is 3.01. The largest absolute Gasteiger partial charge is 0.349 e. The molecule has 110 valence electrons. The van der Waals surface area contributed by atoms with Crippen LogP contribution < -0.4 is 5.32 Å². The molecule has 0 bridgehead atoms. The minimum absolute atomic E-state index is 0.00747. The van der Waals surface area contributed by atoms with Crippen molar-refractivity contribution in [2.75, 3.05) is 11.5 Å². The van der Waals surface area contributed by atoms with Crippen LogP contribution in [0, 0.1) is 5.92 Å². The number of sulfone groups is 1. The van der Waals surface area contributed by atoms with Crippen molar-refractivity contribution < 1.29 is 13.2 Å². The van der Waals surface area contributed by atoms with E-state index in [4.69, 9.17) is 0 Å². The van der Waals surface area contributed by atoms with Gasteiger partial charge in [0.15, 0.2) is 9.84 Å². The molecule has 1 heterocycles. The van der Waals surface area contributed by atoms with Crippen LogP contribution in [0.15, 0.2) is 30.3 Å². The molecule has 1 aliphatic heterocycles. The van der Waals surface area contributed by atoms with Gasteiger partial charge < -0.3 is 5.32 Å². The van der Waals surface area contributed by atoms with Crippen LogP contribution in [0.25, 0.3) is 0 Å². The molecule has 1 amide bonds. The van der Waals surface area contributed by atoms with Gasteiger partial charge in [-0.15, -0.1) is 0 Å². The molecule has 1 saturated heterocycles. The lowest BCUT2D eigenvalue weighted by Crippen LogP contribution is -2.34. The Kier molecular flexibility index (Phi) is 4.81. The second-order valence-corrected chi connectivity index (χ2v) is 7.59. The topological polar surface area (TPSA) is 63.2 Å². The first-order valence-corrected chi connectivity index (χ1v) is 8.89. The molecule has 5 heteroatoms. The Hall–Kier alpha value is -1.36. The van der Waals surface area contributed by atoms with Crippen LogP contribution in [0.5, 0.6) is 0 Å². The maximum Gasteiger partial charge on any atom is 0.224 e. The van der Waals surface area contributed by atoms with E-state index in [1.165, 1.54) is 0 Å². The van der Waals surface area contributed by atoms with Gasteiger partial charge in [-0.05, 0) is 18.4 Å². The summed E-state index contributed by atoms with van der Waals surface area (Å²) in [6.07, 6.45) is 2.26. The molecule has 2 atom stereocenters. The first-order valence-electron chi connectivity index (χ1n) is 7.07. The Bertz CT molecular complexity index is 554. The molecular weight excluding hydrogens is 274 g/mol. The second-order valence-electron chi connectivity index (χ2n) is 5.36.